The Labute approximate surface area is 164 Å². The van der Waals surface area contributed by atoms with Gasteiger partial charge in [-0.3, -0.25) is 0 Å². The molecule has 1 heterocycles. The number of benzene rings is 2. The molecule has 3 N–H and O–H groups in total. The molecule has 150 valence electrons. The third kappa shape index (κ3) is 4.36. The van der Waals surface area contributed by atoms with E-state index in [1.807, 2.05) is 6.92 Å². The Bertz CT molecular complexity index is 883. The summed E-state index contributed by atoms with van der Waals surface area (Å²) in [4.78, 5) is 13.6. The fourth-order valence-corrected chi connectivity index (χ4v) is 3.82. The third-order valence-electron chi connectivity index (χ3n) is 4.49. The normalized spacial score (nSPS) is 14.7. The quantitative estimate of drug-likeness (QED) is 0.616. The summed E-state index contributed by atoms with van der Waals surface area (Å²) in [6.07, 6.45) is -4.33. The number of aryl methyl sites for hydroxylation is 1. The van der Waals surface area contributed by atoms with E-state index in [1.54, 1.807) is 11.0 Å². The highest BCUT2D eigenvalue weighted by Gasteiger charge is 2.33. The predicted octanol–water partition coefficient (Wildman–Crippen LogP) is 4.27. The Balaban J connectivity index is 1.90. The Morgan fingerprint density at radius 2 is 1.96 bits per heavy atom. The number of hydrogen-bond donors (Lipinski definition) is 3. The minimum absolute atomic E-state index is 0.108. The molecule has 1 aliphatic heterocycles. The molecule has 0 aromatic heterocycles. The summed E-state index contributed by atoms with van der Waals surface area (Å²) in [6, 6.07) is 8.12. The zero-order chi connectivity index (χ0) is 20.5. The van der Waals surface area contributed by atoms with Crippen molar-refractivity contribution in [3.63, 3.8) is 0 Å². The van der Waals surface area contributed by atoms with Gasteiger partial charge in [0.25, 0.3) is 0 Å². The van der Waals surface area contributed by atoms with Gasteiger partial charge in [-0.15, -0.1) is 0 Å². The number of alkyl halides is 3. The average molecular weight is 412 g/mol. The minimum Gasteiger partial charge on any atom is -0.478 e. The fourth-order valence-electron chi connectivity index (χ4n) is 2.91. The van der Waals surface area contributed by atoms with Gasteiger partial charge in [0, 0.05) is 18.0 Å². The molecule has 1 fully saturated rings. The molecule has 5 nitrogen and oxygen atoms in total. The molecule has 0 spiro atoms. The lowest BCUT2D eigenvalue weighted by Gasteiger charge is -2.39. The molecule has 0 radical (unpaired) electrons. The molecule has 0 atom stereocenters. The van der Waals surface area contributed by atoms with Crippen molar-refractivity contribution in [2.75, 3.05) is 22.7 Å². The number of aliphatic hydroxyl groups is 1. The van der Waals surface area contributed by atoms with Crippen LogP contribution in [0.2, 0.25) is 0 Å². The summed E-state index contributed by atoms with van der Waals surface area (Å²) in [5, 5.41) is 18.7. The number of β-amino-alcohol motifs (C(OH)–C–C–N with tert-alkyl or cyclic N) is 1. The number of halogens is 3. The molecule has 1 aliphatic rings. The van der Waals surface area contributed by atoms with E-state index >= 15 is 0 Å². The lowest BCUT2D eigenvalue weighted by Crippen LogP contribution is -2.51. The number of carbonyl (C=O) groups is 1. The highest BCUT2D eigenvalue weighted by Crippen LogP contribution is 2.39. The van der Waals surface area contributed by atoms with E-state index in [9.17, 15) is 28.2 Å². The molecule has 3 rings (SSSR count). The number of hydrogen-bond acceptors (Lipinski definition) is 5. The smallest absolute Gasteiger partial charge is 0.416 e. The van der Waals surface area contributed by atoms with Crippen molar-refractivity contribution in [2.45, 2.75) is 30.5 Å². The van der Waals surface area contributed by atoms with Crippen LogP contribution in [0.15, 0.2) is 41.3 Å². The van der Waals surface area contributed by atoms with E-state index < -0.39 is 23.8 Å². The van der Waals surface area contributed by atoms with Crippen LogP contribution >= 0.6 is 11.9 Å². The van der Waals surface area contributed by atoms with Gasteiger partial charge in [-0.05, 0) is 54.3 Å². The molecular formula is C19H19F3N2O3S. The second-order valence-electron chi connectivity index (χ2n) is 6.47. The maximum absolute atomic E-state index is 13.1. The Morgan fingerprint density at radius 1 is 1.25 bits per heavy atom. The second kappa shape index (κ2) is 7.92. The SMILES string of the molecule is CCc1ccc(C(=O)O)cc1SNc1cc(C(F)(F)F)ccc1N1CC(O)C1. The van der Waals surface area contributed by atoms with Gasteiger partial charge >= 0.3 is 12.1 Å². The number of aliphatic hydroxyl groups excluding tert-OH is 1. The van der Waals surface area contributed by atoms with Gasteiger partial charge in [0.2, 0.25) is 0 Å². The monoisotopic (exact) mass is 412 g/mol. The Hall–Kier alpha value is -2.39. The maximum Gasteiger partial charge on any atom is 0.416 e. The number of rotatable bonds is 6. The van der Waals surface area contributed by atoms with Gasteiger partial charge < -0.3 is 19.8 Å². The number of carboxylic acid groups (broad SMARTS) is 1. The molecule has 2 aromatic rings. The van der Waals surface area contributed by atoms with E-state index in [4.69, 9.17) is 0 Å². The number of anilines is 2. The highest BCUT2D eigenvalue weighted by atomic mass is 32.2. The van der Waals surface area contributed by atoms with Gasteiger partial charge in [-0.2, -0.15) is 13.2 Å². The van der Waals surface area contributed by atoms with Crippen molar-refractivity contribution in [1.82, 2.24) is 0 Å². The van der Waals surface area contributed by atoms with Gasteiger partial charge in [-0.25, -0.2) is 4.79 Å². The summed E-state index contributed by atoms with van der Waals surface area (Å²) in [5.74, 6) is -1.07. The van der Waals surface area contributed by atoms with E-state index in [-0.39, 0.29) is 11.3 Å². The van der Waals surface area contributed by atoms with Crippen molar-refractivity contribution in [3.8, 4) is 0 Å². The molecule has 0 saturated carbocycles. The first-order valence-electron chi connectivity index (χ1n) is 8.62. The Kier molecular flexibility index (Phi) is 5.76. The fraction of sp³-hybridized carbons (Fsp3) is 0.316. The molecule has 2 aromatic carbocycles. The van der Waals surface area contributed by atoms with Crippen LogP contribution in [0.1, 0.15) is 28.4 Å². The standard InChI is InChI=1S/C19H19F3N2O3S/c1-2-11-3-4-12(18(26)27)7-17(11)28-23-15-8-13(19(20,21)22)5-6-16(15)24-9-14(25)10-24/h3-8,14,23,25H,2,9-10H2,1H3,(H,26,27). The largest absolute Gasteiger partial charge is 0.478 e. The topological polar surface area (TPSA) is 72.8 Å². The van der Waals surface area contributed by atoms with Crippen LogP contribution in [0, 0.1) is 0 Å². The molecule has 1 saturated heterocycles. The number of nitrogens with zero attached hydrogens (tertiary/aromatic N) is 1. The minimum atomic E-state index is -4.48. The number of carboxylic acids is 1. The van der Waals surface area contributed by atoms with E-state index in [2.05, 4.69) is 4.72 Å². The molecule has 9 heteroatoms. The van der Waals surface area contributed by atoms with E-state index in [0.29, 0.717) is 30.1 Å². The van der Waals surface area contributed by atoms with Crippen LogP contribution in [-0.2, 0) is 12.6 Å². The summed E-state index contributed by atoms with van der Waals surface area (Å²) in [5.41, 5.74) is 1.02. The first-order valence-corrected chi connectivity index (χ1v) is 9.44. The summed E-state index contributed by atoms with van der Waals surface area (Å²) < 4.78 is 42.3. The zero-order valence-electron chi connectivity index (χ0n) is 15.0. The first kappa shape index (κ1) is 20.3. The van der Waals surface area contributed by atoms with Gasteiger partial charge in [0.15, 0.2) is 0 Å². The van der Waals surface area contributed by atoms with Crippen LogP contribution < -0.4 is 9.62 Å². The summed E-state index contributed by atoms with van der Waals surface area (Å²) >= 11 is 1.07. The summed E-state index contributed by atoms with van der Waals surface area (Å²) in [6.45, 7) is 2.61. The molecule has 0 aliphatic carbocycles. The van der Waals surface area contributed by atoms with E-state index in [1.165, 1.54) is 18.2 Å². The van der Waals surface area contributed by atoms with Crippen molar-refractivity contribution >= 4 is 29.3 Å². The van der Waals surface area contributed by atoms with Crippen molar-refractivity contribution in [3.05, 3.63) is 53.1 Å². The molecule has 28 heavy (non-hydrogen) atoms. The lowest BCUT2D eigenvalue weighted by molar-refractivity contribution is -0.137. The van der Waals surface area contributed by atoms with Gasteiger partial charge in [-0.1, -0.05) is 13.0 Å². The van der Waals surface area contributed by atoms with Crippen LogP contribution in [0.25, 0.3) is 0 Å². The lowest BCUT2D eigenvalue weighted by atomic mass is 10.1. The van der Waals surface area contributed by atoms with Crippen molar-refractivity contribution in [2.24, 2.45) is 0 Å². The second-order valence-corrected chi connectivity index (χ2v) is 7.32. The highest BCUT2D eigenvalue weighted by molar-refractivity contribution is 8.00. The zero-order valence-corrected chi connectivity index (χ0v) is 15.8. The van der Waals surface area contributed by atoms with Gasteiger partial charge in [0.05, 0.1) is 28.6 Å². The van der Waals surface area contributed by atoms with E-state index in [0.717, 1.165) is 29.6 Å². The van der Waals surface area contributed by atoms with Crippen LogP contribution in [0.3, 0.4) is 0 Å². The predicted molar refractivity (Wildman–Crippen MR) is 102 cm³/mol. The maximum atomic E-state index is 13.1. The van der Waals surface area contributed by atoms with Crippen LogP contribution in [-0.4, -0.2) is 35.4 Å². The van der Waals surface area contributed by atoms with Crippen LogP contribution in [0.5, 0.6) is 0 Å². The average Bonchev–Trinajstić information content (AvgIpc) is 2.62. The van der Waals surface area contributed by atoms with Crippen LogP contribution in [0.4, 0.5) is 24.5 Å². The number of aromatic carboxylic acids is 1. The first-order chi connectivity index (χ1) is 13.2. The van der Waals surface area contributed by atoms with Crippen molar-refractivity contribution < 1.29 is 28.2 Å². The molecule has 0 unspecified atom stereocenters. The third-order valence-corrected chi connectivity index (χ3v) is 5.41. The Morgan fingerprint density at radius 3 is 2.54 bits per heavy atom. The van der Waals surface area contributed by atoms with Gasteiger partial charge in [0.1, 0.15) is 0 Å². The molecule has 0 amide bonds. The summed E-state index contributed by atoms with van der Waals surface area (Å²) in [7, 11) is 0. The molecular weight excluding hydrogens is 393 g/mol. The number of nitrogens with one attached hydrogen (secondary N) is 1. The molecule has 0 bridgehead atoms. The van der Waals surface area contributed by atoms with Crippen molar-refractivity contribution in [1.29, 1.82) is 0 Å².